The van der Waals surface area contributed by atoms with E-state index in [0.29, 0.717) is 33.9 Å². The van der Waals surface area contributed by atoms with Crippen molar-refractivity contribution in [3.05, 3.63) is 89.5 Å². The molecule has 5 aromatic rings. The molecule has 7 rings (SSSR count). The summed E-state index contributed by atoms with van der Waals surface area (Å²) < 4.78 is 22.5. The maximum atomic E-state index is 13.2. The largest absolute Gasteiger partial charge is 0.496 e. The van der Waals surface area contributed by atoms with Crippen molar-refractivity contribution in [1.29, 1.82) is 0 Å². The Hall–Kier alpha value is -5.64. The number of anilines is 1. The molecular formula is C30H18N2O8. The van der Waals surface area contributed by atoms with Crippen LogP contribution in [0.1, 0.15) is 31.1 Å². The average Bonchev–Trinajstić information content (AvgIpc) is 3.68. The van der Waals surface area contributed by atoms with Gasteiger partial charge in [-0.05, 0) is 71.8 Å². The molecule has 0 spiro atoms. The summed E-state index contributed by atoms with van der Waals surface area (Å²) in [5.41, 5.74) is 3.73. The van der Waals surface area contributed by atoms with Crippen molar-refractivity contribution in [3.63, 3.8) is 0 Å². The van der Waals surface area contributed by atoms with Gasteiger partial charge in [0.05, 0.1) is 35.1 Å². The first kappa shape index (κ1) is 23.5. The van der Waals surface area contributed by atoms with E-state index in [-0.39, 0.29) is 35.1 Å². The van der Waals surface area contributed by atoms with Crippen LogP contribution in [-0.4, -0.2) is 41.8 Å². The Bertz CT molecular complexity index is 1910. The molecule has 196 valence electrons. The number of methoxy groups -OCH3 is 1. The number of aromatic carboxylic acids is 1. The zero-order chi connectivity index (χ0) is 27.5. The molecule has 1 N–H and O–H groups in total. The first-order valence-corrected chi connectivity index (χ1v) is 12.2. The predicted octanol–water partition coefficient (Wildman–Crippen LogP) is 5.40. The molecule has 0 unspecified atom stereocenters. The second-order valence-corrected chi connectivity index (χ2v) is 9.17. The third-order valence-electron chi connectivity index (χ3n) is 6.90. The lowest BCUT2D eigenvalue weighted by Crippen LogP contribution is -2.29. The van der Waals surface area contributed by atoms with E-state index in [1.807, 2.05) is 36.4 Å². The van der Waals surface area contributed by atoms with E-state index in [0.717, 1.165) is 16.0 Å². The van der Waals surface area contributed by atoms with Crippen LogP contribution in [0.5, 0.6) is 17.2 Å². The van der Waals surface area contributed by atoms with Gasteiger partial charge in [0.25, 0.3) is 11.8 Å². The van der Waals surface area contributed by atoms with Crippen LogP contribution in [0, 0.1) is 0 Å². The number of amides is 2. The molecule has 4 aromatic carbocycles. The Kier molecular flexibility index (Phi) is 5.11. The first-order chi connectivity index (χ1) is 19.4. The number of carboxylic acid groups (broad SMARTS) is 1. The molecule has 0 aliphatic carbocycles. The van der Waals surface area contributed by atoms with Gasteiger partial charge in [0.15, 0.2) is 17.1 Å². The summed E-state index contributed by atoms with van der Waals surface area (Å²) in [5, 5.41) is 9.30. The van der Waals surface area contributed by atoms with Crippen LogP contribution in [0.15, 0.2) is 77.2 Å². The van der Waals surface area contributed by atoms with Gasteiger partial charge in [-0.1, -0.05) is 12.1 Å². The summed E-state index contributed by atoms with van der Waals surface area (Å²) in [5.74, 6) is -0.333. The highest BCUT2D eigenvalue weighted by atomic mass is 16.7. The number of carbonyl (C=O) groups excluding carboxylic acids is 2. The van der Waals surface area contributed by atoms with Crippen LogP contribution in [0.3, 0.4) is 0 Å². The highest BCUT2D eigenvalue weighted by Crippen LogP contribution is 2.39. The topological polar surface area (TPSA) is 128 Å². The van der Waals surface area contributed by atoms with Crippen molar-refractivity contribution >= 4 is 34.6 Å². The number of carbonyl (C=O) groups is 3. The molecule has 2 amide bonds. The number of carboxylic acids is 1. The van der Waals surface area contributed by atoms with Gasteiger partial charge in [0.2, 0.25) is 12.7 Å². The van der Waals surface area contributed by atoms with Gasteiger partial charge < -0.3 is 23.7 Å². The summed E-state index contributed by atoms with van der Waals surface area (Å²) >= 11 is 0. The molecule has 3 heterocycles. The van der Waals surface area contributed by atoms with Gasteiger partial charge in [-0.15, -0.1) is 0 Å². The number of ether oxygens (including phenoxy) is 3. The second kappa shape index (κ2) is 8.70. The fourth-order valence-electron chi connectivity index (χ4n) is 4.91. The van der Waals surface area contributed by atoms with E-state index >= 15 is 0 Å². The molecule has 0 fully saturated rings. The van der Waals surface area contributed by atoms with Gasteiger partial charge in [0, 0.05) is 0 Å². The molecule has 0 saturated heterocycles. The maximum absolute atomic E-state index is 13.2. The lowest BCUT2D eigenvalue weighted by atomic mass is 10.0. The second-order valence-electron chi connectivity index (χ2n) is 9.17. The summed E-state index contributed by atoms with van der Waals surface area (Å²) in [6, 6.07) is 19.9. The van der Waals surface area contributed by atoms with Gasteiger partial charge in [-0.3, -0.25) is 9.59 Å². The molecule has 0 atom stereocenters. The van der Waals surface area contributed by atoms with Crippen molar-refractivity contribution < 1.29 is 38.1 Å². The fourth-order valence-corrected chi connectivity index (χ4v) is 4.91. The Labute approximate surface area is 225 Å². The van der Waals surface area contributed by atoms with E-state index < -0.39 is 17.8 Å². The molecule has 2 aliphatic rings. The lowest BCUT2D eigenvalue weighted by molar-refractivity contribution is 0.0696. The highest BCUT2D eigenvalue weighted by Gasteiger charge is 2.37. The quantitative estimate of drug-likeness (QED) is 0.295. The normalized spacial score (nSPS) is 13.7. The number of aromatic nitrogens is 1. The SMILES string of the molecule is COc1ccc(N2C(=O)c3ccc(C(=O)O)cc3C2=O)cc1-c1nc2cc(-c3ccc4c(c3)OCO4)ccc2o1. The first-order valence-electron chi connectivity index (χ1n) is 12.2. The van der Waals surface area contributed by atoms with Crippen LogP contribution in [0.25, 0.3) is 33.7 Å². The Morgan fingerprint density at radius 1 is 0.850 bits per heavy atom. The standard InChI is InChI=1S/C30H18N2O8/c1-37-23-9-5-18(32-28(33)19-6-2-17(30(35)36)10-20(19)29(32)34)13-21(23)27-31-22-11-15(3-7-24(22)40-27)16-4-8-25-26(12-16)39-14-38-25/h2-13H,14H2,1H3,(H,35,36). The molecule has 2 aliphatic heterocycles. The van der Waals surface area contributed by atoms with Crippen molar-refractivity contribution in [1.82, 2.24) is 4.98 Å². The molecule has 10 nitrogen and oxygen atoms in total. The maximum Gasteiger partial charge on any atom is 0.335 e. The minimum atomic E-state index is -1.19. The summed E-state index contributed by atoms with van der Waals surface area (Å²) in [4.78, 5) is 43.4. The number of nitrogens with zero attached hydrogens (tertiary/aromatic N) is 2. The number of fused-ring (bicyclic) bond motifs is 3. The Balaban J connectivity index is 1.27. The monoisotopic (exact) mass is 534 g/mol. The Morgan fingerprint density at radius 3 is 2.45 bits per heavy atom. The smallest absolute Gasteiger partial charge is 0.335 e. The van der Waals surface area contributed by atoms with Crippen LogP contribution in [0.2, 0.25) is 0 Å². The predicted molar refractivity (Wildman–Crippen MR) is 142 cm³/mol. The summed E-state index contributed by atoms with van der Waals surface area (Å²) in [6.07, 6.45) is 0. The van der Waals surface area contributed by atoms with E-state index in [4.69, 9.17) is 18.6 Å². The molecule has 0 radical (unpaired) electrons. The number of hydrogen-bond acceptors (Lipinski definition) is 8. The van der Waals surface area contributed by atoms with E-state index in [1.54, 1.807) is 18.2 Å². The minimum absolute atomic E-state index is 0.0279. The molecule has 10 heteroatoms. The Morgan fingerprint density at radius 2 is 1.62 bits per heavy atom. The van der Waals surface area contributed by atoms with Crippen molar-refractivity contribution in [2.75, 3.05) is 18.8 Å². The van der Waals surface area contributed by atoms with Gasteiger partial charge in [-0.25, -0.2) is 14.7 Å². The van der Waals surface area contributed by atoms with Gasteiger partial charge in [-0.2, -0.15) is 0 Å². The van der Waals surface area contributed by atoms with E-state index in [2.05, 4.69) is 4.98 Å². The fraction of sp³-hybridized carbons (Fsp3) is 0.0667. The van der Waals surface area contributed by atoms with E-state index in [9.17, 15) is 19.5 Å². The number of oxazole rings is 1. The third kappa shape index (κ3) is 3.57. The zero-order valence-electron chi connectivity index (χ0n) is 20.8. The van der Waals surface area contributed by atoms with Crippen molar-refractivity contribution in [2.45, 2.75) is 0 Å². The third-order valence-corrected chi connectivity index (χ3v) is 6.90. The highest BCUT2D eigenvalue weighted by molar-refractivity contribution is 6.34. The molecule has 40 heavy (non-hydrogen) atoms. The molecule has 1 aromatic heterocycles. The van der Waals surface area contributed by atoms with E-state index in [1.165, 1.54) is 25.3 Å². The van der Waals surface area contributed by atoms with Crippen LogP contribution in [-0.2, 0) is 0 Å². The van der Waals surface area contributed by atoms with Crippen molar-refractivity contribution in [2.24, 2.45) is 0 Å². The number of hydrogen-bond donors (Lipinski definition) is 1. The number of imide groups is 1. The minimum Gasteiger partial charge on any atom is -0.496 e. The van der Waals surface area contributed by atoms with Crippen LogP contribution in [0.4, 0.5) is 5.69 Å². The van der Waals surface area contributed by atoms with Gasteiger partial charge in [0.1, 0.15) is 11.3 Å². The van der Waals surface area contributed by atoms with Gasteiger partial charge >= 0.3 is 5.97 Å². The van der Waals surface area contributed by atoms with Crippen LogP contribution >= 0.6 is 0 Å². The molecule has 0 bridgehead atoms. The summed E-state index contributed by atoms with van der Waals surface area (Å²) in [7, 11) is 1.49. The molecular weight excluding hydrogens is 516 g/mol. The van der Waals surface area contributed by atoms with Crippen LogP contribution < -0.4 is 19.1 Å². The molecule has 0 saturated carbocycles. The van der Waals surface area contributed by atoms with Crippen molar-refractivity contribution in [3.8, 4) is 39.8 Å². The number of benzene rings is 4. The average molecular weight is 534 g/mol. The zero-order valence-corrected chi connectivity index (χ0v) is 20.8. The summed E-state index contributed by atoms with van der Waals surface area (Å²) in [6.45, 7) is 0.190. The lowest BCUT2D eigenvalue weighted by Gasteiger charge is -2.16. The number of rotatable bonds is 5.